The standard InChI is InChI=1S/C20H22N4O2/c1-13-19(24-9-4-3-5-18(24)22-13)20(26)21-12-17(25)15-6-7-16-14(11-15)8-10-23(16)2/h3-7,9,11,17,25H,8,10,12H2,1-2H3,(H,21,26). The molecule has 134 valence electrons. The van der Waals surface area contributed by atoms with Gasteiger partial charge in [0.05, 0.1) is 11.8 Å². The first kappa shape index (κ1) is 16.6. The van der Waals surface area contributed by atoms with Crippen LogP contribution in [-0.2, 0) is 6.42 Å². The third kappa shape index (κ3) is 2.82. The fourth-order valence-electron chi connectivity index (χ4n) is 3.57. The summed E-state index contributed by atoms with van der Waals surface area (Å²) in [6.07, 6.45) is 2.06. The number of benzene rings is 1. The summed E-state index contributed by atoms with van der Waals surface area (Å²) >= 11 is 0. The number of rotatable bonds is 4. The minimum atomic E-state index is -0.741. The number of hydrogen-bond acceptors (Lipinski definition) is 4. The number of nitrogens with one attached hydrogen (secondary N) is 1. The highest BCUT2D eigenvalue weighted by Gasteiger charge is 2.20. The average molecular weight is 350 g/mol. The molecule has 1 unspecified atom stereocenters. The maximum absolute atomic E-state index is 12.6. The molecule has 3 aromatic rings. The number of anilines is 1. The molecule has 1 aromatic carbocycles. The predicted octanol–water partition coefficient (Wildman–Crippen LogP) is 2.10. The number of aliphatic hydroxyl groups excluding tert-OH is 1. The maximum Gasteiger partial charge on any atom is 0.270 e. The predicted molar refractivity (Wildman–Crippen MR) is 101 cm³/mol. The van der Waals surface area contributed by atoms with Gasteiger partial charge in [-0.1, -0.05) is 18.2 Å². The van der Waals surface area contributed by atoms with Crippen LogP contribution in [0.25, 0.3) is 5.65 Å². The van der Waals surface area contributed by atoms with E-state index in [4.69, 9.17) is 0 Å². The monoisotopic (exact) mass is 350 g/mol. The van der Waals surface area contributed by atoms with Crippen molar-refractivity contribution >= 4 is 17.2 Å². The van der Waals surface area contributed by atoms with Gasteiger partial charge in [-0.2, -0.15) is 0 Å². The fourth-order valence-corrected chi connectivity index (χ4v) is 3.57. The van der Waals surface area contributed by atoms with E-state index < -0.39 is 6.10 Å². The number of carbonyl (C=O) groups is 1. The quantitative estimate of drug-likeness (QED) is 0.756. The Morgan fingerprint density at radius 2 is 2.19 bits per heavy atom. The molecule has 0 bridgehead atoms. The first-order chi connectivity index (χ1) is 12.5. The normalized spacial score (nSPS) is 14.5. The van der Waals surface area contributed by atoms with Gasteiger partial charge < -0.3 is 15.3 Å². The third-order valence-corrected chi connectivity index (χ3v) is 4.99. The van der Waals surface area contributed by atoms with Crippen LogP contribution in [0.15, 0.2) is 42.6 Å². The van der Waals surface area contributed by atoms with E-state index in [0.717, 1.165) is 24.2 Å². The van der Waals surface area contributed by atoms with Gasteiger partial charge in [-0.15, -0.1) is 0 Å². The maximum atomic E-state index is 12.6. The summed E-state index contributed by atoms with van der Waals surface area (Å²) < 4.78 is 1.77. The Labute approximate surface area is 152 Å². The molecule has 4 rings (SSSR count). The van der Waals surface area contributed by atoms with Gasteiger partial charge in [-0.05, 0) is 42.7 Å². The van der Waals surface area contributed by atoms with Gasteiger partial charge in [0.2, 0.25) is 0 Å². The number of pyridine rings is 1. The molecule has 2 N–H and O–H groups in total. The van der Waals surface area contributed by atoms with E-state index in [9.17, 15) is 9.90 Å². The molecule has 1 amide bonds. The molecule has 1 aliphatic heterocycles. The van der Waals surface area contributed by atoms with Crippen molar-refractivity contribution in [2.24, 2.45) is 0 Å². The van der Waals surface area contributed by atoms with Crippen molar-refractivity contribution in [2.75, 3.05) is 25.0 Å². The molecule has 0 radical (unpaired) electrons. The third-order valence-electron chi connectivity index (χ3n) is 4.99. The van der Waals surface area contributed by atoms with Crippen LogP contribution in [-0.4, -0.2) is 40.5 Å². The molecule has 0 saturated heterocycles. The van der Waals surface area contributed by atoms with E-state index in [-0.39, 0.29) is 12.5 Å². The number of imidazole rings is 1. The minimum absolute atomic E-state index is 0.160. The Morgan fingerprint density at radius 1 is 1.35 bits per heavy atom. The minimum Gasteiger partial charge on any atom is -0.387 e. The zero-order valence-corrected chi connectivity index (χ0v) is 14.9. The zero-order valence-electron chi connectivity index (χ0n) is 14.9. The number of fused-ring (bicyclic) bond motifs is 2. The van der Waals surface area contributed by atoms with Crippen LogP contribution >= 0.6 is 0 Å². The molecule has 2 aromatic heterocycles. The van der Waals surface area contributed by atoms with E-state index in [1.165, 1.54) is 11.3 Å². The summed E-state index contributed by atoms with van der Waals surface area (Å²) in [5, 5.41) is 13.3. The number of carbonyl (C=O) groups excluding carboxylic acids is 1. The van der Waals surface area contributed by atoms with Gasteiger partial charge in [0.25, 0.3) is 5.91 Å². The Hall–Kier alpha value is -2.86. The van der Waals surface area contributed by atoms with Gasteiger partial charge in [-0.3, -0.25) is 9.20 Å². The van der Waals surface area contributed by atoms with Gasteiger partial charge in [-0.25, -0.2) is 4.98 Å². The van der Waals surface area contributed by atoms with Crippen LogP contribution in [0.2, 0.25) is 0 Å². The number of nitrogens with zero attached hydrogens (tertiary/aromatic N) is 3. The zero-order chi connectivity index (χ0) is 18.3. The molecule has 6 heteroatoms. The van der Waals surface area contributed by atoms with Gasteiger partial charge in [0.15, 0.2) is 0 Å². The lowest BCUT2D eigenvalue weighted by atomic mass is 10.0. The highest BCUT2D eigenvalue weighted by atomic mass is 16.3. The Morgan fingerprint density at radius 3 is 3.04 bits per heavy atom. The van der Waals surface area contributed by atoms with Crippen LogP contribution in [0.3, 0.4) is 0 Å². The summed E-state index contributed by atoms with van der Waals surface area (Å²) in [5.74, 6) is -0.235. The van der Waals surface area contributed by atoms with Gasteiger partial charge in [0, 0.05) is 32.0 Å². The van der Waals surface area contributed by atoms with Crippen molar-refractivity contribution in [3.8, 4) is 0 Å². The van der Waals surface area contributed by atoms with E-state index >= 15 is 0 Å². The smallest absolute Gasteiger partial charge is 0.270 e. The summed E-state index contributed by atoms with van der Waals surface area (Å²) in [4.78, 5) is 19.2. The Bertz CT molecular complexity index is 979. The lowest BCUT2D eigenvalue weighted by Gasteiger charge is -2.15. The first-order valence-corrected chi connectivity index (χ1v) is 8.78. The molecule has 0 fully saturated rings. The topological polar surface area (TPSA) is 69.9 Å². The van der Waals surface area contributed by atoms with Crippen LogP contribution in [0.1, 0.15) is 33.4 Å². The first-order valence-electron chi connectivity index (χ1n) is 8.78. The van der Waals surface area contributed by atoms with E-state index in [1.807, 2.05) is 49.5 Å². The Kier molecular flexibility index (Phi) is 4.12. The number of aliphatic hydroxyl groups is 1. The van der Waals surface area contributed by atoms with E-state index in [0.29, 0.717) is 11.4 Å². The van der Waals surface area contributed by atoms with Gasteiger partial charge in [0.1, 0.15) is 11.3 Å². The summed E-state index contributed by atoms with van der Waals surface area (Å²) in [5.41, 5.74) is 5.19. The van der Waals surface area contributed by atoms with Crippen molar-refractivity contribution in [1.29, 1.82) is 0 Å². The van der Waals surface area contributed by atoms with Crippen LogP contribution < -0.4 is 10.2 Å². The van der Waals surface area contributed by atoms with Crippen molar-refractivity contribution in [3.05, 3.63) is 65.1 Å². The number of hydrogen-bond donors (Lipinski definition) is 2. The molecule has 0 aliphatic carbocycles. The van der Waals surface area contributed by atoms with Crippen LogP contribution in [0.5, 0.6) is 0 Å². The second-order valence-electron chi connectivity index (χ2n) is 6.76. The largest absolute Gasteiger partial charge is 0.387 e. The second-order valence-corrected chi connectivity index (χ2v) is 6.76. The average Bonchev–Trinajstić information content (AvgIpc) is 3.18. The lowest BCUT2D eigenvalue weighted by Crippen LogP contribution is -2.29. The number of aryl methyl sites for hydroxylation is 1. The molecule has 1 atom stereocenters. The molecule has 0 spiro atoms. The molecular formula is C20H22N4O2. The highest BCUT2D eigenvalue weighted by Crippen LogP contribution is 2.29. The number of amides is 1. The SMILES string of the molecule is Cc1nc2ccccn2c1C(=O)NCC(O)c1ccc2c(c1)CCN2C. The molecule has 26 heavy (non-hydrogen) atoms. The summed E-state index contributed by atoms with van der Waals surface area (Å²) in [6.45, 7) is 2.97. The van der Waals surface area contributed by atoms with Crippen LogP contribution in [0.4, 0.5) is 5.69 Å². The van der Waals surface area contributed by atoms with Crippen molar-refractivity contribution in [2.45, 2.75) is 19.4 Å². The number of aromatic nitrogens is 2. The number of likely N-dealkylation sites (N-methyl/N-ethyl adjacent to an activating group) is 1. The highest BCUT2D eigenvalue weighted by molar-refractivity contribution is 5.94. The molecule has 0 saturated carbocycles. The van der Waals surface area contributed by atoms with Crippen molar-refractivity contribution in [3.63, 3.8) is 0 Å². The molecular weight excluding hydrogens is 328 g/mol. The fraction of sp³-hybridized carbons (Fsp3) is 0.300. The van der Waals surface area contributed by atoms with Crippen molar-refractivity contribution < 1.29 is 9.90 Å². The Balaban J connectivity index is 1.48. The second kappa shape index (κ2) is 6.46. The molecule has 6 nitrogen and oxygen atoms in total. The van der Waals surface area contributed by atoms with Crippen LogP contribution in [0, 0.1) is 6.92 Å². The van der Waals surface area contributed by atoms with Gasteiger partial charge >= 0.3 is 0 Å². The van der Waals surface area contributed by atoms with E-state index in [1.54, 1.807) is 4.40 Å². The van der Waals surface area contributed by atoms with E-state index in [2.05, 4.69) is 22.2 Å². The summed E-state index contributed by atoms with van der Waals surface area (Å²) in [7, 11) is 2.07. The summed E-state index contributed by atoms with van der Waals surface area (Å²) in [6, 6.07) is 11.6. The lowest BCUT2D eigenvalue weighted by molar-refractivity contribution is 0.0910. The molecule has 1 aliphatic rings. The molecule has 3 heterocycles. The van der Waals surface area contributed by atoms with Crippen molar-refractivity contribution in [1.82, 2.24) is 14.7 Å².